The molecule has 0 spiro atoms. The average Bonchev–Trinajstić information content (AvgIpc) is 3.04. The molecule has 5 nitrogen and oxygen atoms in total. The van der Waals surface area contributed by atoms with Crippen molar-refractivity contribution in [3.63, 3.8) is 0 Å². The van der Waals surface area contributed by atoms with Crippen LogP contribution in [0.5, 0.6) is 0 Å². The van der Waals surface area contributed by atoms with Crippen molar-refractivity contribution in [3.8, 4) is 5.69 Å². The predicted molar refractivity (Wildman–Crippen MR) is 91.7 cm³/mol. The summed E-state index contributed by atoms with van der Waals surface area (Å²) in [5, 5.41) is 17.5. The summed E-state index contributed by atoms with van der Waals surface area (Å²) in [6, 6.07) is 10.3. The van der Waals surface area contributed by atoms with E-state index in [4.69, 9.17) is 4.74 Å². The first-order valence-electron chi connectivity index (χ1n) is 8.00. The second kappa shape index (κ2) is 7.73. The molecule has 23 heavy (non-hydrogen) atoms. The Morgan fingerprint density at radius 2 is 1.96 bits per heavy atom. The number of nitrogens with one attached hydrogen (secondary N) is 1. The molecule has 0 amide bonds. The maximum absolute atomic E-state index is 9.98. The van der Waals surface area contributed by atoms with Gasteiger partial charge in [-0.1, -0.05) is 12.1 Å². The molecule has 0 aliphatic rings. The van der Waals surface area contributed by atoms with Crippen molar-refractivity contribution in [2.45, 2.75) is 45.4 Å². The molecule has 0 radical (unpaired) electrons. The van der Waals surface area contributed by atoms with Crippen molar-refractivity contribution < 1.29 is 9.84 Å². The highest BCUT2D eigenvalue weighted by atomic mass is 16.5. The number of nitrogens with zero attached hydrogens (tertiary/aromatic N) is 2. The van der Waals surface area contributed by atoms with E-state index in [0.717, 1.165) is 5.69 Å². The van der Waals surface area contributed by atoms with Gasteiger partial charge < -0.3 is 15.2 Å². The molecule has 0 bridgehead atoms. The zero-order valence-electron chi connectivity index (χ0n) is 14.4. The Bertz CT molecular complexity index is 573. The van der Waals surface area contributed by atoms with Crippen LogP contribution in [0, 0.1) is 0 Å². The van der Waals surface area contributed by atoms with Gasteiger partial charge in [0.05, 0.1) is 24.0 Å². The highest BCUT2D eigenvalue weighted by Crippen LogP contribution is 2.15. The van der Waals surface area contributed by atoms with Gasteiger partial charge >= 0.3 is 0 Å². The molecule has 1 aromatic heterocycles. The molecule has 1 aromatic carbocycles. The number of aromatic nitrogens is 2. The maximum Gasteiger partial charge on any atom is 0.0898 e. The van der Waals surface area contributed by atoms with Crippen LogP contribution in [0.2, 0.25) is 0 Å². The fraction of sp³-hybridized carbons (Fsp3) is 0.500. The lowest BCUT2D eigenvalue weighted by Crippen LogP contribution is -2.34. The summed E-state index contributed by atoms with van der Waals surface area (Å²) in [5.41, 5.74) is 1.98. The standard InChI is InChI=1S/C18H27N3O2/c1-14(19-12-17(22)13-23-18(2,3)4)15-6-8-16(9-7-15)21-11-5-10-20-21/h5-11,14,17,19,22H,12-13H2,1-4H3. The highest BCUT2D eigenvalue weighted by Gasteiger charge is 2.14. The Hall–Kier alpha value is -1.69. The molecule has 1 heterocycles. The van der Waals surface area contributed by atoms with Gasteiger partial charge in [0, 0.05) is 25.0 Å². The van der Waals surface area contributed by atoms with Gasteiger partial charge in [0.1, 0.15) is 0 Å². The highest BCUT2D eigenvalue weighted by molar-refractivity contribution is 5.34. The maximum atomic E-state index is 9.98. The normalized spacial score (nSPS) is 14.7. The number of aliphatic hydroxyl groups is 1. The second-order valence-corrected chi connectivity index (χ2v) is 6.75. The fourth-order valence-electron chi connectivity index (χ4n) is 2.17. The molecule has 2 rings (SSSR count). The van der Waals surface area contributed by atoms with Gasteiger partial charge in [-0.25, -0.2) is 4.68 Å². The van der Waals surface area contributed by atoms with Gasteiger partial charge in [0.2, 0.25) is 0 Å². The molecule has 0 aliphatic carbocycles. The van der Waals surface area contributed by atoms with Gasteiger partial charge in [-0.2, -0.15) is 5.10 Å². The molecule has 2 N–H and O–H groups in total. The second-order valence-electron chi connectivity index (χ2n) is 6.75. The van der Waals surface area contributed by atoms with Crippen molar-refractivity contribution in [1.29, 1.82) is 0 Å². The Morgan fingerprint density at radius 3 is 2.52 bits per heavy atom. The molecule has 0 aliphatic heterocycles. The minimum absolute atomic E-state index is 0.158. The SMILES string of the molecule is CC(NCC(O)COC(C)(C)C)c1ccc(-n2cccn2)cc1. The first-order valence-corrected chi connectivity index (χ1v) is 8.00. The van der Waals surface area contributed by atoms with E-state index in [0.29, 0.717) is 13.2 Å². The van der Waals surface area contributed by atoms with Crippen molar-refractivity contribution in [3.05, 3.63) is 48.3 Å². The minimum Gasteiger partial charge on any atom is -0.389 e. The third-order valence-corrected chi connectivity index (χ3v) is 3.53. The molecule has 2 unspecified atom stereocenters. The molecule has 5 heteroatoms. The van der Waals surface area contributed by atoms with E-state index < -0.39 is 6.10 Å². The van der Waals surface area contributed by atoms with Crippen LogP contribution in [0.1, 0.15) is 39.3 Å². The number of hydrogen-bond acceptors (Lipinski definition) is 4. The van der Waals surface area contributed by atoms with Crippen molar-refractivity contribution in [2.75, 3.05) is 13.2 Å². The van der Waals surface area contributed by atoms with Gasteiger partial charge in [-0.15, -0.1) is 0 Å². The Morgan fingerprint density at radius 1 is 1.26 bits per heavy atom. The monoisotopic (exact) mass is 317 g/mol. The first kappa shape index (κ1) is 17.7. The van der Waals surface area contributed by atoms with Crippen LogP contribution in [0.25, 0.3) is 5.69 Å². The fourth-order valence-corrected chi connectivity index (χ4v) is 2.17. The molecular weight excluding hydrogens is 290 g/mol. The van der Waals surface area contributed by atoms with E-state index >= 15 is 0 Å². The zero-order valence-corrected chi connectivity index (χ0v) is 14.4. The van der Waals surface area contributed by atoms with E-state index in [1.807, 2.05) is 49.8 Å². The topological polar surface area (TPSA) is 59.3 Å². The van der Waals surface area contributed by atoms with Crippen LogP contribution in [-0.2, 0) is 4.74 Å². The van der Waals surface area contributed by atoms with Crippen molar-refractivity contribution in [2.24, 2.45) is 0 Å². The van der Waals surface area contributed by atoms with Crippen LogP contribution >= 0.6 is 0 Å². The van der Waals surface area contributed by atoms with Gasteiger partial charge in [0.15, 0.2) is 0 Å². The predicted octanol–water partition coefficient (Wildman–Crippen LogP) is 2.70. The van der Waals surface area contributed by atoms with Gasteiger partial charge in [0.25, 0.3) is 0 Å². The largest absolute Gasteiger partial charge is 0.389 e. The zero-order chi connectivity index (χ0) is 16.9. The Balaban J connectivity index is 1.82. The van der Waals surface area contributed by atoms with E-state index in [1.54, 1.807) is 6.20 Å². The molecule has 0 saturated carbocycles. The summed E-state index contributed by atoms with van der Waals surface area (Å²) < 4.78 is 7.42. The minimum atomic E-state index is -0.514. The van der Waals surface area contributed by atoms with Gasteiger partial charge in [-0.3, -0.25) is 0 Å². The molecule has 0 saturated heterocycles. The third kappa shape index (κ3) is 5.78. The summed E-state index contributed by atoms with van der Waals surface area (Å²) in [6.07, 6.45) is 3.17. The lowest BCUT2D eigenvalue weighted by atomic mass is 10.1. The Labute approximate surface area is 138 Å². The summed E-state index contributed by atoms with van der Waals surface area (Å²) in [4.78, 5) is 0. The summed E-state index contributed by atoms with van der Waals surface area (Å²) >= 11 is 0. The van der Waals surface area contributed by atoms with Crippen LogP contribution in [0.3, 0.4) is 0 Å². The molecule has 0 fully saturated rings. The van der Waals surface area contributed by atoms with E-state index in [-0.39, 0.29) is 11.6 Å². The van der Waals surface area contributed by atoms with Crippen molar-refractivity contribution >= 4 is 0 Å². The number of benzene rings is 1. The van der Waals surface area contributed by atoms with Crippen LogP contribution < -0.4 is 5.32 Å². The number of aliphatic hydroxyl groups excluding tert-OH is 1. The third-order valence-electron chi connectivity index (χ3n) is 3.53. The summed E-state index contributed by atoms with van der Waals surface area (Å²) in [5.74, 6) is 0. The van der Waals surface area contributed by atoms with E-state index in [2.05, 4.69) is 29.5 Å². The smallest absolute Gasteiger partial charge is 0.0898 e. The number of rotatable bonds is 7. The molecule has 126 valence electrons. The number of hydrogen-bond donors (Lipinski definition) is 2. The van der Waals surface area contributed by atoms with Crippen LogP contribution in [0.4, 0.5) is 0 Å². The quantitative estimate of drug-likeness (QED) is 0.824. The average molecular weight is 317 g/mol. The number of ether oxygens (including phenoxy) is 1. The van der Waals surface area contributed by atoms with Crippen LogP contribution in [-0.4, -0.2) is 39.7 Å². The lowest BCUT2D eigenvalue weighted by molar-refractivity contribution is -0.0482. The summed E-state index contributed by atoms with van der Waals surface area (Å²) in [7, 11) is 0. The first-order chi connectivity index (χ1) is 10.8. The van der Waals surface area contributed by atoms with E-state index in [9.17, 15) is 5.11 Å². The van der Waals surface area contributed by atoms with E-state index in [1.165, 1.54) is 5.56 Å². The molecule has 2 atom stereocenters. The molecular formula is C18H27N3O2. The van der Waals surface area contributed by atoms with Crippen molar-refractivity contribution in [1.82, 2.24) is 15.1 Å². The van der Waals surface area contributed by atoms with Crippen LogP contribution in [0.15, 0.2) is 42.7 Å². The Kier molecular flexibility index (Phi) is 5.93. The summed E-state index contributed by atoms with van der Waals surface area (Å²) in [6.45, 7) is 8.87. The molecule has 2 aromatic rings. The van der Waals surface area contributed by atoms with Gasteiger partial charge in [-0.05, 0) is 51.5 Å². The lowest BCUT2D eigenvalue weighted by Gasteiger charge is -2.23.